The summed E-state index contributed by atoms with van der Waals surface area (Å²) in [5.74, 6) is -0.412. The maximum Gasteiger partial charge on any atom is 0.228 e. The summed E-state index contributed by atoms with van der Waals surface area (Å²) in [6.45, 7) is 2.68. The van der Waals surface area contributed by atoms with Crippen molar-refractivity contribution in [3.05, 3.63) is 28.2 Å². The number of sulfonamides is 1. The summed E-state index contributed by atoms with van der Waals surface area (Å²) in [7, 11) is -3.23. The standard InChI is InChI=1S/C14H19BrN2O3S/c1-10-8-12(15)5-6-13(10)16-14(18)11-4-3-7-17(9-11)21(2,19)20/h5-6,8,11H,3-4,7,9H2,1-2H3,(H,16,18). The molecule has 7 heteroatoms. The molecule has 0 aromatic heterocycles. The number of hydrogen-bond donors (Lipinski definition) is 1. The van der Waals surface area contributed by atoms with Crippen molar-refractivity contribution in [1.29, 1.82) is 0 Å². The van der Waals surface area contributed by atoms with Gasteiger partial charge in [0.15, 0.2) is 0 Å². The third-order valence-corrected chi connectivity index (χ3v) is 5.43. The number of hydrogen-bond acceptors (Lipinski definition) is 3. The van der Waals surface area contributed by atoms with E-state index in [4.69, 9.17) is 0 Å². The molecule has 0 radical (unpaired) electrons. The van der Waals surface area contributed by atoms with E-state index in [2.05, 4.69) is 21.2 Å². The summed E-state index contributed by atoms with van der Waals surface area (Å²) in [5, 5.41) is 2.90. The Kier molecular flexibility index (Phi) is 5.06. The third kappa shape index (κ3) is 4.28. The number of nitrogens with zero attached hydrogens (tertiary/aromatic N) is 1. The predicted octanol–water partition coefficient (Wildman–Crippen LogP) is 2.37. The summed E-state index contributed by atoms with van der Waals surface area (Å²) >= 11 is 3.38. The first-order valence-electron chi connectivity index (χ1n) is 6.79. The van der Waals surface area contributed by atoms with Gasteiger partial charge in [0.1, 0.15) is 0 Å². The van der Waals surface area contributed by atoms with Crippen molar-refractivity contribution in [1.82, 2.24) is 4.31 Å². The summed E-state index contributed by atoms with van der Waals surface area (Å²) in [6.07, 6.45) is 2.62. The smallest absolute Gasteiger partial charge is 0.228 e. The molecule has 1 aromatic carbocycles. The highest BCUT2D eigenvalue weighted by Crippen LogP contribution is 2.23. The summed E-state index contributed by atoms with van der Waals surface area (Å²) in [6, 6.07) is 5.64. The lowest BCUT2D eigenvalue weighted by atomic mass is 9.98. The molecule has 1 atom stereocenters. The third-order valence-electron chi connectivity index (χ3n) is 3.67. The van der Waals surface area contributed by atoms with Crippen LogP contribution in [0, 0.1) is 12.8 Å². The van der Waals surface area contributed by atoms with Crippen LogP contribution in [-0.4, -0.2) is 38.0 Å². The first kappa shape index (κ1) is 16.5. The fraction of sp³-hybridized carbons (Fsp3) is 0.500. The molecule has 0 saturated carbocycles. The van der Waals surface area contributed by atoms with Crippen molar-refractivity contribution in [3.63, 3.8) is 0 Å². The zero-order chi connectivity index (χ0) is 15.6. The molecule has 0 spiro atoms. The van der Waals surface area contributed by atoms with Gasteiger partial charge in [-0.2, -0.15) is 0 Å². The number of nitrogens with one attached hydrogen (secondary N) is 1. The maximum atomic E-state index is 12.3. The Morgan fingerprint density at radius 1 is 1.43 bits per heavy atom. The molecule has 1 amide bonds. The highest BCUT2D eigenvalue weighted by Gasteiger charge is 2.30. The van der Waals surface area contributed by atoms with Crippen LogP contribution in [0.25, 0.3) is 0 Å². The van der Waals surface area contributed by atoms with Crippen LogP contribution in [0.1, 0.15) is 18.4 Å². The van der Waals surface area contributed by atoms with Gasteiger partial charge in [0.05, 0.1) is 12.2 Å². The fourth-order valence-corrected chi connectivity index (χ4v) is 3.85. The molecule has 1 aromatic rings. The van der Waals surface area contributed by atoms with Crippen LogP contribution in [-0.2, 0) is 14.8 Å². The molecular formula is C14H19BrN2O3S. The molecular weight excluding hydrogens is 356 g/mol. The van der Waals surface area contributed by atoms with Gasteiger partial charge in [-0.05, 0) is 43.5 Å². The number of piperidine rings is 1. The van der Waals surface area contributed by atoms with Crippen LogP contribution in [0.5, 0.6) is 0 Å². The molecule has 2 rings (SSSR count). The van der Waals surface area contributed by atoms with E-state index in [-0.39, 0.29) is 18.4 Å². The minimum absolute atomic E-state index is 0.117. The summed E-state index contributed by atoms with van der Waals surface area (Å²) < 4.78 is 25.5. The molecule has 116 valence electrons. The Morgan fingerprint density at radius 3 is 2.76 bits per heavy atom. The number of rotatable bonds is 3. The molecule has 1 aliphatic heterocycles. The predicted molar refractivity (Wildman–Crippen MR) is 86.6 cm³/mol. The Labute approximate surface area is 133 Å². The van der Waals surface area contributed by atoms with E-state index in [1.54, 1.807) is 0 Å². The lowest BCUT2D eigenvalue weighted by Crippen LogP contribution is -2.43. The lowest BCUT2D eigenvalue weighted by Gasteiger charge is -2.30. The molecule has 1 N–H and O–H groups in total. The quantitative estimate of drug-likeness (QED) is 0.882. The topological polar surface area (TPSA) is 66.5 Å². The van der Waals surface area contributed by atoms with Crippen molar-refractivity contribution < 1.29 is 13.2 Å². The monoisotopic (exact) mass is 374 g/mol. The number of amides is 1. The minimum atomic E-state index is -3.23. The van der Waals surface area contributed by atoms with Crippen LogP contribution in [0.2, 0.25) is 0 Å². The highest BCUT2D eigenvalue weighted by atomic mass is 79.9. The number of carbonyl (C=O) groups excluding carboxylic acids is 1. The van der Waals surface area contributed by atoms with E-state index in [1.807, 2.05) is 25.1 Å². The van der Waals surface area contributed by atoms with Gasteiger partial charge < -0.3 is 5.32 Å². The highest BCUT2D eigenvalue weighted by molar-refractivity contribution is 9.10. The lowest BCUT2D eigenvalue weighted by molar-refractivity contribution is -0.120. The van der Waals surface area contributed by atoms with Gasteiger partial charge >= 0.3 is 0 Å². The fourth-order valence-electron chi connectivity index (χ4n) is 2.46. The zero-order valence-corrected chi connectivity index (χ0v) is 14.5. The number of carbonyl (C=O) groups is 1. The van der Waals surface area contributed by atoms with Crippen LogP contribution in [0.15, 0.2) is 22.7 Å². The average molecular weight is 375 g/mol. The van der Waals surface area contributed by atoms with Crippen molar-refractivity contribution in [2.24, 2.45) is 5.92 Å². The van der Waals surface area contributed by atoms with Crippen molar-refractivity contribution >= 4 is 37.5 Å². The van der Waals surface area contributed by atoms with Gasteiger partial charge in [-0.3, -0.25) is 4.79 Å². The Morgan fingerprint density at radius 2 is 2.14 bits per heavy atom. The van der Waals surface area contributed by atoms with E-state index in [0.29, 0.717) is 19.4 Å². The molecule has 1 aliphatic rings. The van der Waals surface area contributed by atoms with Crippen molar-refractivity contribution in [2.75, 3.05) is 24.7 Å². The zero-order valence-electron chi connectivity index (χ0n) is 12.1. The van der Waals surface area contributed by atoms with Crippen LogP contribution in [0.3, 0.4) is 0 Å². The Hall–Kier alpha value is -0.920. The van der Waals surface area contributed by atoms with E-state index in [9.17, 15) is 13.2 Å². The van der Waals surface area contributed by atoms with E-state index < -0.39 is 10.0 Å². The van der Waals surface area contributed by atoms with Crippen LogP contribution >= 0.6 is 15.9 Å². The Bertz CT molecular complexity index is 646. The van der Waals surface area contributed by atoms with E-state index >= 15 is 0 Å². The Balaban J connectivity index is 2.06. The maximum absolute atomic E-state index is 12.3. The van der Waals surface area contributed by atoms with Gasteiger partial charge in [0.25, 0.3) is 0 Å². The second kappa shape index (κ2) is 6.46. The van der Waals surface area contributed by atoms with Crippen molar-refractivity contribution in [3.8, 4) is 0 Å². The number of benzene rings is 1. The molecule has 0 aliphatic carbocycles. The van der Waals surface area contributed by atoms with E-state index in [0.717, 1.165) is 15.7 Å². The molecule has 21 heavy (non-hydrogen) atoms. The summed E-state index contributed by atoms with van der Waals surface area (Å²) in [4.78, 5) is 12.3. The minimum Gasteiger partial charge on any atom is -0.326 e. The van der Waals surface area contributed by atoms with Gasteiger partial charge in [0, 0.05) is 23.2 Å². The second-order valence-corrected chi connectivity index (χ2v) is 8.31. The number of anilines is 1. The molecule has 1 heterocycles. The number of aryl methyl sites for hydroxylation is 1. The summed E-state index contributed by atoms with van der Waals surface area (Å²) in [5.41, 5.74) is 1.73. The SMILES string of the molecule is Cc1cc(Br)ccc1NC(=O)C1CCCN(S(C)(=O)=O)C1. The van der Waals surface area contributed by atoms with Gasteiger partial charge in [-0.25, -0.2) is 12.7 Å². The molecule has 0 bridgehead atoms. The van der Waals surface area contributed by atoms with Crippen LogP contribution < -0.4 is 5.32 Å². The normalized spacial score (nSPS) is 20.2. The van der Waals surface area contributed by atoms with Gasteiger partial charge in [0.2, 0.25) is 15.9 Å². The molecule has 5 nitrogen and oxygen atoms in total. The van der Waals surface area contributed by atoms with Crippen LogP contribution in [0.4, 0.5) is 5.69 Å². The van der Waals surface area contributed by atoms with Gasteiger partial charge in [-0.1, -0.05) is 15.9 Å². The average Bonchev–Trinajstić information content (AvgIpc) is 2.41. The van der Waals surface area contributed by atoms with Crippen molar-refractivity contribution in [2.45, 2.75) is 19.8 Å². The first-order chi connectivity index (χ1) is 9.77. The van der Waals surface area contributed by atoms with Gasteiger partial charge in [-0.15, -0.1) is 0 Å². The second-order valence-electron chi connectivity index (χ2n) is 5.41. The first-order valence-corrected chi connectivity index (χ1v) is 9.43. The van der Waals surface area contributed by atoms with E-state index in [1.165, 1.54) is 10.6 Å². The number of halogens is 1. The molecule has 1 saturated heterocycles. The molecule has 1 unspecified atom stereocenters. The largest absolute Gasteiger partial charge is 0.326 e. The molecule has 1 fully saturated rings.